The summed E-state index contributed by atoms with van der Waals surface area (Å²) in [5.41, 5.74) is 0.255. The van der Waals surface area contributed by atoms with Gasteiger partial charge in [-0.05, 0) is 37.5 Å². The summed E-state index contributed by atoms with van der Waals surface area (Å²) in [6.45, 7) is 2.88. The molecule has 1 atom stereocenters. The predicted molar refractivity (Wildman–Crippen MR) is 78.2 cm³/mol. The smallest absolute Gasteiger partial charge is 0.228 e. The number of nitrogens with zero attached hydrogens (tertiary/aromatic N) is 1. The zero-order valence-corrected chi connectivity index (χ0v) is 13.3. The number of sulfonamides is 1. The molecule has 0 aromatic carbocycles. The maximum atomic E-state index is 12.3. The summed E-state index contributed by atoms with van der Waals surface area (Å²) in [7, 11) is -3.10. The lowest BCUT2D eigenvalue weighted by molar-refractivity contribution is -0.139. The van der Waals surface area contributed by atoms with E-state index >= 15 is 0 Å². The molecule has 0 bridgehead atoms. The van der Waals surface area contributed by atoms with Gasteiger partial charge < -0.3 is 9.64 Å². The molecule has 0 unspecified atom stereocenters. The summed E-state index contributed by atoms with van der Waals surface area (Å²) in [6.07, 6.45) is 5.87. The molecule has 0 aromatic heterocycles. The van der Waals surface area contributed by atoms with Gasteiger partial charge in [0.15, 0.2) is 0 Å². The van der Waals surface area contributed by atoms with Crippen molar-refractivity contribution in [2.45, 2.75) is 38.1 Å². The molecule has 3 aliphatic rings. The van der Waals surface area contributed by atoms with Gasteiger partial charge in [0.2, 0.25) is 15.9 Å². The molecule has 0 aromatic rings. The predicted octanol–water partition coefficient (Wildman–Crippen LogP) is 0.343. The Labute approximate surface area is 126 Å². The molecule has 120 valence electrons. The van der Waals surface area contributed by atoms with Gasteiger partial charge in [0, 0.05) is 25.7 Å². The van der Waals surface area contributed by atoms with Crippen molar-refractivity contribution >= 4 is 15.9 Å². The highest BCUT2D eigenvalue weighted by Gasteiger charge is 2.47. The van der Waals surface area contributed by atoms with Crippen molar-refractivity contribution in [1.29, 1.82) is 0 Å². The Balaban J connectivity index is 1.47. The molecule has 0 radical (unpaired) electrons. The fraction of sp³-hybridized carbons (Fsp3) is 0.929. The number of piperidine rings is 1. The van der Waals surface area contributed by atoms with Gasteiger partial charge in [-0.2, -0.15) is 0 Å². The fourth-order valence-corrected chi connectivity index (χ4v) is 4.74. The normalized spacial score (nSPS) is 29.6. The van der Waals surface area contributed by atoms with E-state index < -0.39 is 10.0 Å². The van der Waals surface area contributed by atoms with Crippen molar-refractivity contribution in [2.75, 3.05) is 32.6 Å². The Hall–Kier alpha value is -0.660. The van der Waals surface area contributed by atoms with E-state index in [1.165, 1.54) is 6.26 Å². The minimum atomic E-state index is -3.10. The number of carbonyl (C=O) groups excluding carboxylic acids is 1. The van der Waals surface area contributed by atoms with Crippen LogP contribution in [0.2, 0.25) is 0 Å². The summed E-state index contributed by atoms with van der Waals surface area (Å²) < 4.78 is 30.4. The molecule has 1 amide bonds. The Morgan fingerprint density at radius 2 is 1.95 bits per heavy atom. The number of hydrogen-bond acceptors (Lipinski definition) is 4. The number of nitrogens with one attached hydrogen (secondary N) is 1. The molecule has 1 spiro atoms. The van der Waals surface area contributed by atoms with Crippen molar-refractivity contribution < 1.29 is 17.9 Å². The topological polar surface area (TPSA) is 75.7 Å². The van der Waals surface area contributed by atoms with Crippen molar-refractivity contribution in [3.8, 4) is 0 Å². The zero-order chi connectivity index (χ0) is 15.1. The second-order valence-corrected chi connectivity index (χ2v) is 8.66. The molecule has 3 fully saturated rings. The molecule has 2 saturated heterocycles. The summed E-state index contributed by atoms with van der Waals surface area (Å²) in [6, 6.07) is 0.0884. The Kier molecular flexibility index (Phi) is 4.00. The average Bonchev–Trinajstić information content (AvgIpc) is 2.89. The minimum Gasteiger partial charge on any atom is -0.381 e. The zero-order valence-electron chi connectivity index (χ0n) is 12.5. The lowest BCUT2D eigenvalue weighted by Gasteiger charge is -2.52. The quantitative estimate of drug-likeness (QED) is 0.815. The van der Waals surface area contributed by atoms with E-state index in [-0.39, 0.29) is 23.3 Å². The van der Waals surface area contributed by atoms with Crippen LogP contribution in [0.1, 0.15) is 32.1 Å². The standard InChI is InChI=1S/C14H24N2O4S/c1-21(18,19)15-12-8-14(9-12)3-5-16(6-4-14)13(17)11-2-7-20-10-11/h11-12,15H,2-10H2,1H3/t11-/m0/s1. The first-order valence-corrected chi connectivity index (χ1v) is 9.60. The number of rotatable bonds is 3. The third-order valence-corrected chi connectivity index (χ3v) is 5.92. The van der Waals surface area contributed by atoms with Gasteiger partial charge in [-0.1, -0.05) is 0 Å². The van der Waals surface area contributed by atoms with E-state index in [9.17, 15) is 13.2 Å². The molecular formula is C14H24N2O4S. The Bertz CT molecular complexity index is 497. The van der Waals surface area contributed by atoms with E-state index in [1.54, 1.807) is 0 Å². The molecule has 1 aliphatic carbocycles. The van der Waals surface area contributed by atoms with Crippen molar-refractivity contribution in [1.82, 2.24) is 9.62 Å². The maximum absolute atomic E-state index is 12.3. The lowest BCUT2D eigenvalue weighted by atomic mass is 9.60. The summed E-state index contributed by atoms with van der Waals surface area (Å²) in [5, 5.41) is 0. The van der Waals surface area contributed by atoms with Crippen molar-refractivity contribution in [3.63, 3.8) is 0 Å². The largest absolute Gasteiger partial charge is 0.381 e. The van der Waals surface area contributed by atoms with Crippen LogP contribution >= 0.6 is 0 Å². The number of likely N-dealkylation sites (tertiary alicyclic amines) is 1. The van der Waals surface area contributed by atoms with Crippen LogP contribution in [0.5, 0.6) is 0 Å². The highest BCUT2D eigenvalue weighted by molar-refractivity contribution is 7.88. The highest BCUT2D eigenvalue weighted by atomic mass is 32.2. The van der Waals surface area contributed by atoms with Crippen LogP contribution < -0.4 is 4.72 Å². The first-order valence-electron chi connectivity index (χ1n) is 7.71. The lowest BCUT2D eigenvalue weighted by Crippen LogP contribution is -2.55. The number of amides is 1. The van der Waals surface area contributed by atoms with Gasteiger partial charge >= 0.3 is 0 Å². The Morgan fingerprint density at radius 3 is 2.48 bits per heavy atom. The Morgan fingerprint density at radius 1 is 1.29 bits per heavy atom. The van der Waals surface area contributed by atoms with E-state index in [4.69, 9.17) is 4.74 Å². The van der Waals surface area contributed by atoms with Crippen LogP contribution in [0.3, 0.4) is 0 Å². The third-order valence-electron chi connectivity index (χ3n) is 5.15. The van der Waals surface area contributed by atoms with Crippen LogP contribution in [-0.2, 0) is 19.6 Å². The van der Waals surface area contributed by atoms with Gasteiger partial charge in [-0.25, -0.2) is 13.1 Å². The molecule has 3 rings (SSSR count). The van der Waals surface area contributed by atoms with E-state index in [2.05, 4.69) is 4.72 Å². The fourth-order valence-electron chi connectivity index (χ4n) is 3.97. The third kappa shape index (κ3) is 3.40. The maximum Gasteiger partial charge on any atom is 0.228 e. The van der Waals surface area contributed by atoms with Crippen LogP contribution in [0.25, 0.3) is 0 Å². The van der Waals surface area contributed by atoms with E-state index in [0.29, 0.717) is 13.2 Å². The summed E-state index contributed by atoms with van der Waals surface area (Å²) in [5.74, 6) is 0.299. The van der Waals surface area contributed by atoms with Gasteiger partial charge in [0.05, 0.1) is 18.8 Å². The monoisotopic (exact) mass is 316 g/mol. The first-order chi connectivity index (χ1) is 9.87. The van der Waals surface area contributed by atoms with Crippen LogP contribution in [-0.4, -0.2) is 57.8 Å². The molecule has 1 saturated carbocycles. The van der Waals surface area contributed by atoms with Crippen LogP contribution in [0.15, 0.2) is 0 Å². The van der Waals surface area contributed by atoms with Crippen molar-refractivity contribution in [2.24, 2.45) is 11.3 Å². The molecule has 21 heavy (non-hydrogen) atoms. The van der Waals surface area contributed by atoms with Crippen LogP contribution in [0, 0.1) is 11.3 Å². The second-order valence-electron chi connectivity index (χ2n) is 6.88. The molecule has 7 heteroatoms. The van der Waals surface area contributed by atoms with Gasteiger partial charge in [-0.3, -0.25) is 4.79 Å². The molecule has 1 N–H and O–H groups in total. The number of hydrogen-bond donors (Lipinski definition) is 1. The summed E-state index contributed by atoms with van der Waals surface area (Å²) in [4.78, 5) is 14.3. The van der Waals surface area contributed by atoms with E-state index in [1.807, 2.05) is 4.90 Å². The van der Waals surface area contributed by atoms with Gasteiger partial charge in [0.25, 0.3) is 0 Å². The van der Waals surface area contributed by atoms with Gasteiger partial charge in [0.1, 0.15) is 0 Å². The van der Waals surface area contributed by atoms with E-state index in [0.717, 1.165) is 45.2 Å². The molecule has 6 nitrogen and oxygen atoms in total. The molecule has 2 aliphatic heterocycles. The SMILES string of the molecule is CS(=O)(=O)NC1CC2(CCN(C(=O)[C@H]3CCOC3)CC2)C1. The van der Waals surface area contributed by atoms with Gasteiger partial charge in [-0.15, -0.1) is 0 Å². The highest BCUT2D eigenvalue weighted by Crippen LogP contribution is 2.49. The average molecular weight is 316 g/mol. The number of carbonyl (C=O) groups is 1. The van der Waals surface area contributed by atoms with Crippen LogP contribution in [0.4, 0.5) is 0 Å². The molecule has 2 heterocycles. The van der Waals surface area contributed by atoms with Crippen molar-refractivity contribution in [3.05, 3.63) is 0 Å². The summed E-state index contributed by atoms with van der Waals surface area (Å²) >= 11 is 0. The first kappa shape index (κ1) is 15.2. The minimum absolute atomic E-state index is 0.0556. The molecular weight excluding hydrogens is 292 g/mol. The second kappa shape index (κ2) is 5.52. The number of ether oxygens (including phenoxy) is 1.